The van der Waals surface area contributed by atoms with Crippen molar-refractivity contribution in [1.29, 1.82) is 0 Å². The average Bonchev–Trinajstić information content (AvgIpc) is 2.81. The van der Waals surface area contributed by atoms with Crippen LogP contribution in [0.15, 0.2) is 41.0 Å². The van der Waals surface area contributed by atoms with Crippen LogP contribution in [0.4, 0.5) is 4.39 Å². The van der Waals surface area contributed by atoms with Gasteiger partial charge in [0.2, 0.25) is 0 Å². The zero-order valence-corrected chi connectivity index (χ0v) is 8.57. The molecule has 0 aliphatic rings. The van der Waals surface area contributed by atoms with Gasteiger partial charge in [-0.1, -0.05) is 0 Å². The monoisotopic (exact) mass is 220 g/mol. The van der Waals surface area contributed by atoms with E-state index in [2.05, 4.69) is 4.74 Å². The van der Waals surface area contributed by atoms with Gasteiger partial charge in [-0.05, 0) is 30.3 Å². The lowest BCUT2D eigenvalue weighted by Gasteiger charge is -2.02. The lowest BCUT2D eigenvalue weighted by atomic mass is 10.1. The summed E-state index contributed by atoms with van der Waals surface area (Å²) in [6.45, 7) is 0. The van der Waals surface area contributed by atoms with Crippen molar-refractivity contribution in [2.24, 2.45) is 0 Å². The Balaban J connectivity index is 2.41. The van der Waals surface area contributed by atoms with Crippen molar-refractivity contribution < 1.29 is 18.3 Å². The van der Waals surface area contributed by atoms with E-state index in [1.54, 1.807) is 12.1 Å². The zero-order chi connectivity index (χ0) is 11.5. The maximum atomic E-state index is 13.6. The Bertz CT molecular complexity index is 503. The maximum Gasteiger partial charge on any atom is 0.337 e. The summed E-state index contributed by atoms with van der Waals surface area (Å²) in [7, 11) is 1.25. The standard InChI is InChI=1S/C12H9FO3/c1-15-12(14)8-4-5-9(10(13)7-8)11-3-2-6-16-11/h2-7H,1H3. The van der Waals surface area contributed by atoms with Gasteiger partial charge in [0, 0.05) is 0 Å². The zero-order valence-electron chi connectivity index (χ0n) is 8.57. The number of ether oxygens (including phenoxy) is 1. The summed E-state index contributed by atoms with van der Waals surface area (Å²) >= 11 is 0. The molecule has 0 radical (unpaired) electrons. The second-order valence-corrected chi connectivity index (χ2v) is 3.16. The third-order valence-electron chi connectivity index (χ3n) is 2.18. The molecule has 16 heavy (non-hydrogen) atoms. The highest BCUT2D eigenvalue weighted by Crippen LogP contribution is 2.24. The first-order chi connectivity index (χ1) is 7.72. The van der Waals surface area contributed by atoms with E-state index in [-0.39, 0.29) is 5.56 Å². The molecule has 2 aromatic rings. The van der Waals surface area contributed by atoms with Crippen LogP contribution >= 0.6 is 0 Å². The van der Waals surface area contributed by atoms with E-state index in [0.717, 1.165) is 6.07 Å². The van der Waals surface area contributed by atoms with Gasteiger partial charge >= 0.3 is 5.97 Å². The van der Waals surface area contributed by atoms with E-state index in [1.165, 1.54) is 25.5 Å². The van der Waals surface area contributed by atoms with E-state index in [9.17, 15) is 9.18 Å². The molecule has 0 spiro atoms. The van der Waals surface area contributed by atoms with Gasteiger partial charge in [0.25, 0.3) is 0 Å². The van der Waals surface area contributed by atoms with E-state index in [4.69, 9.17) is 4.42 Å². The van der Waals surface area contributed by atoms with Crippen molar-refractivity contribution in [3.8, 4) is 11.3 Å². The van der Waals surface area contributed by atoms with Crippen molar-refractivity contribution in [3.63, 3.8) is 0 Å². The molecular weight excluding hydrogens is 211 g/mol. The molecule has 0 amide bonds. The summed E-state index contributed by atoms with van der Waals surface area (Å²) in [5.41, 5.74) is 0.493. The minimum atomic E-state index is -0.565. The summed E-state index contributed by atoms with van der Waals surface area (Å²) in [6, 6.07) is 7.43. The third kappa shape index (κ3) is 1.82. The third-order valence-corrected chi connectivity index (χ3v) is 2.18. The summed E-state index contributed by atoms with van der Waals surface area (Å²) < 4.78 is 23.2. The van der Waals surface area contributed by atoms with E-state index in [1.807, 2.05) is 0 Å². The molecule has 0 fully saturated rings. The first-order valence-electron chi connectivity index (χ1n) is 4.64. The number of benzene rings is 1. The number of rotatable bonds is 2. The molecule has 3 nitrogen and oxygen atoms in total. The van der Waals surface area contributed by atoms with Gasteiger partial charge in [-0.25, -0.2) is 9.18 Å². The largest absolute Gasteiger partial charge is 0.465 e. The van der Waals surface area contributed by atoms with Crippen LogP contribution in [0.2, 0.25) is 0 Å². The van der Waals surface area contributed by atoms with Gasteiger partial charge in [-0.3, -0.25) is 0 Å². The highest BCUT2D eigenvalue weighted by Gasteiger charge is 2.12. The summed E-state index contributed by atoms with van der Waals surface area (Å²) in [4.78, 5) is 11.2. The Labute approximate surface area is 91.5 Å². The molecule has 1 heterocycles. The summed E-state index contributed by atoms with van der Waals surface area (Å²) in [6.07, 6.45) is 1.46. The number of hydrogen-bond donors (Lipinski definition) is 0. The maximum absolute atomic E-state index is 13.6. The fraction of sp³-hybridized carbons (Fsp3) is 0.0833. The van der Waals surface area contributed by atoms with Crippen molar-refractivity contribution in [3.05, 3.63) is 48.0 Å². The molecule has 0 saturated carbocycles. The van der Waals surface area contributed by atoms with E-state index in [0.29, 0.717) is 11.3 Å². The molecule has 0 saturated heterocycles. The van der Waals surface area contributed by atoms with Gasteiger partial charge in [0.05, 0.1) is 24.5 Å². The average molecular weight is 220 g/mol. The molecule has 0 atom stereocenters. The first kappa shape index (κ1) is 10.4. The minimum absolute atomic E-state index is 0.176. The number of methoxy groups -OCH3 is 1. The minimum Gasteiger partial charge on any atom is -0.465 e. The molecule has 0 N–H and O–H groups in total. The number of halogens is 1. The summed E-state index contributed by atoms with van der Waals surface area (Å²) in [5.74, 6) is -0.656. The van der Waals surface area contributed by atoms with Crippen LogP contribution in [0.25, 0.3) is 11.3 Å². The molecule has 1 aromatic heterocycles. The van der Waals surface area contributed by atoms with Crippen molar-refractivity contribution in [2.45, 2.75) is 0 Å². The van der Waals surface area contributed by atoms with Crippen molar-refractivity contribution in [2.75, 3.05) is 7.11 Å². The van der Waals surface area contributed by atoms with Gasteiger partial charge in [-0.2, -0.15) is 0 Å². The quantitative estimate of drug-likeness (QED) is 0.730. The van der Waals surface area contributed by atoms with Crippen LogP contribution in [-0.2, 0) is 4.74 Å². The number of furan rings is 1. The molecule has 0 unspecified atom stereocenters. The molecule has 4 heteroatoms. The first-order valence-corrected chi connectivity index (χ1v) is 4.64. The normalized spacial score (nSPS) is 10.1. The topological polar surface area (TPSA) is 39.4 Å². The van der Waals surface area contributed by atoms with Gasteiger partial charge in [-0.15, -0.1) is 0 Å². The Hall–Kier alpha value is -2.10. The predicted octanol–water partition coefficient (Wildman–Crippen LogP) is 2.87. The number of hydrogen-bond acceptors (Lipinski definition) is 3. The predicted molar refractivity (Wildman–Crippen MR) is 55.4 cm³/mol. The highest BCUT2D eigenvalue weighted by atomic mass is 19.1. The summed E-state index contributed by atoms with van der Waals surface area (Å²) in [5, 5.41) is 0. The molecular formula is C12H9FO3. The van der Waals surface area contributed by atoms with Crippen LogP contribution in [0.5, 0.6) is 0 Å². The van der Waals surface area contributed by atoms with Gasteiger partial charge < -0.3 is 9.15 Å². The fourth-order valence-corrected chi connectivity index (χ4v) is 1.39. The highest BCUT2D eigenvalue weighted by molar-refractivity contribution is 5.89. The van der Waals surface area contributed by atoms with Crippen LogP contribution in [-0.4, -0.2) is 13.1 Å². The molecule has 0 bridgehead atoms. The Morgan fingerprint density at radius 1 is 1.38 bits per heavy atom. The SMILES string of the molecule is COC(=O)c1ccc(-c2ccco2)c(F)c1. The Kier molecular flexibility index (Phi) is 2.72. The van der Waals surface area contributed by atoms with Crippen LogP contribution in [0.1, 0.15) is 10.4 Å². The Morgan fingerprint density at radius 2 is 2.19 bits per heavy atom. The second kappa shape index (κ2) is 4.18. The lowest BCUT2D eigenvalue weighted by molar-refractivity contribution is 0.0600. The van der Waals surface area contributed by atoms with Crippen molar-refractivity contribution >= 4 is 5.97 Å². The fourth-order valence-electron chi connectivity index (χ4n) is 1.39. The number of carbonyl (C=O) groups is 1. The molecule has 82 valence electrons. The van der Waals surface area contributed by atoms with Gasteiger partial charge in [0.15, 0.2) is 0 Å². The second-order valence-electron chi connectivity index (χ2n) is 3.16. The molecule has 1 aromatic carbocycles. The van der Waals surface area contributed by atoms with Crippen LogP contribution in [0, 0.1) is 5.82 Å². The smallest absolute Gasteiger partial charge is 0.337 e. The molecule has 0 aliphatic carbocycles. The molecule has 0 aliphatic heterocycles. The van der Waals surface area contributed by atoms with E-state index >= 15 is 0 Å². The van der Waals surface area contributed by atoms with Gasteiger partial charge in [0.1, 0.15) is 11.6 Å². The molecule has 2 rings (SSSR count). The van der Waals surface area contributed by atoms with Crippen LogP contribution < -0.4 is 0 Å². The number of esters is 1. The Morgan fingerprint density at radius 3 is 2.75 bits per heavy atom. The van der Waals surface area contributed by atoms with Crippen molar-refractivity contribution in [1.82, 2.24) is 0 Å². The van der Waals surface area contributed by atoms with Crippen LogP contribution in [0.3, 0.4) is 0 Å². The lowest BCUT2D eigenvalue weighted by Crippen LogP contribution is -2.01. The number of carbonyl (C=O) groups excluding carboxylic acids is 1. The van der Waals surface area contributed by atoms with E-state index < -0.39 is 11.8 Å².